The van der Waals surface area contributed by atoms with E-state index in [1.165, 1.54) is 31.9 Å². The van der Waals surface area contributed by atoms with Crippen LogP contribution in [0.1, 0.15) is 76.5 Å². The first-order valence-corrected chi connectivity index (χ1v) is 10.3. The molecule has 1 saturated carbocycles. The lowest BCUT2D eigenvalue weighted by molar-refractivity contribution is 0.0495. The van der Waals surface area contributed by atoms with E-state index in [4.69, 9.17) is 19.2 Å². The molecule has 0 spiro atoms. The second-order valence-electron chi connectivity index (χ2n) is 7.83. The van der Waals surface area contributed by atoms with Gasteiger partial charge in [-0.25, -0.2) is 4.79 Å². The molecule has 5 nitrogen and oxygen atoms in total. The zero-order chi connectivity index (χ0) is 20.8. The van der Waals surface area contributed by atoms with Crippen LogP contribution < -0.4 is 4.74 Å². The molecule has 0 radical (unpaired) electrons. The van der Waals surface area contributed by atoms with Crippen LogP contribution in [-0.4, -0.2) is 32.0 Å². The Morgan fingerprint density at radius 3 is 2.38 bits per heavy atom. The minimum atomic E-state index is -0.305. The Bertz CT molecular complexity index is 833. The van der Waals surface area contributed by atoms with E-state index in [-0.39, 0.29) is 12.8 Å². The summed E-state index contributed by atoms with van der Waals surface area (Å²) in [6, 6.07) is 7.85. The molecule has 0 atom stereocenters. The number of aryl methyl sites for hydroxylation is 2. The number of ether oxygens (including phenoxy) is 3. The molecule has 0 amide bonds. The summed E-state index contributed by atoms with van der Waals surface area (Å²) < 4.78 is 15.8. The molecule has 1 aromatic heterocycles. The normalized spacial score (nSPS) is 14.6. The van der Waals surface area contributed by atoms with Gasteiger partial charge in [-0.2, -0.15) is 0 Å². The molecule has 2 aromatic rings. The maximum Gasteiger partial charge on any atom is 0.337 e. The SMILES string of the molecule is COCOc1ccc(Cc2c(C)cc(C(=O)OC)cc2C)nc1C1CCCCC1. The lowest BCUT2D eigenvalue weighted by atomic mass is 9.86. The van der Waals surface area contributed by atoms with E-state index in [2.05, 4.69) is 0 Å². The number of aromatic nitrogens is 1. The highest BCUT2D eigenvalue weighted by Gasteiger charge is 2.22. The van der Waals surface area contributed by atoms with Gasteiger partial charge in [0.25, 0.3) is 0 Å². The summed E-state index contributed by atoms with van der Waals surface area (Å²) in [7, 11) is 3.04. The van der Waals surface area contributed by atoms with Crippen molar-refractivity contribution in [3.05, 3.63) is 57.9 Å². The van der Waals surface area contributed by atoms with Crippen LogP contribution in [0.25, 0.3) is 0 Å². The third kappa shape index (κ3) is 5.15. The van der Waals surface area contributed by atoms with Crippen molar-refractivity contribution in [1.82, 2.24) is 4.98 Å². The van der Waals surface area contributed by atoms with E-state index in [1.807, 2.05) is 38.1 Å². The maximum absolute atomic E-state index is 11.9. The first kappa shape index (κ1) is 21.3. The minimum absolute atomic E-state index is 0.230. The molecule has 0 saturated heterocycles. The Hall–Kier alpha value is -2.40. The number of rotatable bonds is 7. The molecule has 1 fully saturated rings. The summed E-state index contributed by atoms with van der Waals surface area (Å²) >= 11 is 0. The molecule has 0 N–H and O–H groups in total. The number of carbonyl (C=O) groups is 1. The van der Waals surface area contributed by atoms with Crippen molar-refractivity contribution in [2.24, 2.45) is 0 Å². The van der Waals surface area contributed by atoms with Crippen LogP contribution in [0, 0.1) is 13.8 Å². The first-order chi connectivity index (χ1) is 14.0. The zero-order valence-corrected chi connectivity index (χ0v) is 17.9. The molecule has 1 aliphatic carbocycles. The van der Waals surface area contributed by atoms with Crippen LogP contribution in [-0.2, 0) is 15.9 Å². The topological polar surface area (TPSA) is 57.7 Å². The predicted octanol–water partition coefficient (Wildman–Crippen LogP) is 5.11. The quantitative estimate of drug-likeness (QED) is 0.480. The highest BCUT2D eigenvalue weighted by atomic mass is 16.7. The van der Waals surface area contributed by atoms with Crippen molar-refractivity contribution in [3.63, 3.8) is 0 Å². The highest BCUT2D eigenvalue weighted by molar-refractivity contribution is 5.90. The number of carbonyl (C=O) groups excluding carboxylic acids is 1. The molecule has 156 valence electrons. The van der Waals surface area contributed by atoms with Gasteiger partial charge in [-0.15, -0.1) is 0 Å². The van der Waals surface area contributed by atoms with Crippen molar-refractivity contribution >= 4 is 5.97 Å². The molecule has 1 aromatic carbocycles. The van der Waals surface area contributed by atoms with Gasteiger partial charge in [-0.1, -0.05) is 19.3 Å². The van der Waals surface area contributed by atoms with Gasteiger partial charge in [-0.3, -0.25) is 4.98 Å². The van der Waals surface area contributed by atoms with E-state index in [0.29, 0.717) is 11.5 Å². The van der Waals surface area contributed by atoms with Crippen molar-refractivity contribution in [2.45, 2.75) is 58.3 Å². The van der Waals surface area contributed by atoms with E-state index in [1.54, 1.807) is 7.11 Å². The molecule has 0 aliphatic heterocycles. The van der Waals surface area contributed by atoms with Crippen molar-refractivity contribution in [1.29, 1.82) is 0 Å². The lowest BCUT2D eigenvalue weighted by Crippen LogP contribution is -2.12. The van der Waals surface area contributed by atoms with Gasteiger partial charge in [0.05, 0.1) is 18.4 Å². The number of hydrogen-bond donors (Lipinski definition) is 0. The summed E-state index contributed by atoms with van der Waals surface area (Å²) in [6.07, 6.45) is 6.83. The van der Waals surface area contributed by atoms with Gasteiger partial charge in [0, 0.05) is 25.1 Å². The first-order valence-electron chi connectivity index (χ1n) is 10.3. The predicted molar refractivity (Wildman–Crippen MR) is 113 cm³/mol. The van der Waals surface area contributed by atoms with Crippen LogP contribution >= 0.6 is 0 Å². The van der Waals surface area contributed by atoms with Gasteiger partial charge in [0.15, 0.2) is 6.79 Å². The summed E-state index contributed by atoms with van der Waals surface area (Å²) in [6.45, 7) is 4.30. The van der Waals surface area contributed by atoms with E-state index < -0.39 is 0 Å². The number of pyridine rings is 1. The summed E-state index contributed by atoms with van der Waals surface area (Å²) in [5, 5.41) is 0. The molecule has 5 heteroatoms. The average molecular weight is 398 g/mol. The monoisotopic (exact) mass is 397 g/mol. The summed E-state index contributed by atoms with van der Waals surface area (Å²) in [5.41, 5.74) is 6.01. The Balaban J connectivity index is 1.90. The fourth-order valence-corrected chi connectivity index (χ4v) is 4.20. The Kier molecular flexibility index (Phi) is 7.26. The van der Waals surface area contributed by atoms with Crippen molar-refractivity contribution in [2.75, 3.05) is 21.0 Å². The van der Waals surface area contributed by atoms with Crippen LogP contribution in [0.3, 0.4) is 0 Å². The van der Waals surface area contributed by atoms with E-state index in [9.17, 15) is 4.79 Å². The molecule has 0 unspecified atom stereocenters. The number of esters is 1. The van der Waals surface area contributed by atoms with Gasteiger partial charge in [0.2, 0.25) is 0 Å². The maximum atomic E-state index is 11.9. The molecule has 0 bridgehead atoms. The average Bonchev–Trinajstić information content (AvgIpc) is 2.75. The van der Waals surface area contributed by atoms with Crippen LogP contribution in [0.5, 0.6) is 5.75 Å². The lowest BCUT2D eigenvalue weighted by Gasteiger charge is -2.24. The van der Waals surface area contributed by atoms with Crippen LogP contribution in [0.4, 0.5) is 0 Å². The number of benzene rings is 1. The zero-order valence-electron chi connectivity index (χ0n) is 17.9. The van der Waals surface area contributed by atoms with Crippen LogP contribution in [0.2, 0.25) is 0 Å². The largest absolute Gasteiger partial charge is 0.466 e. The smallest absolute Gasteiger partial charge is 0.337 e. The van der Waals surface area contributed by atoms with Gasteiger partial charge >= 0.3 is 5.97 Å². The summed E-state index contributed by atoms with van der Waals surface area (Å²) in [4.78, 5) is 16.9. The molecular formula is C24H31NO4. The second-order valence-corrected chi connectivity index (χ2v) is 7.83. The standard InChI is InChI=1S/C24H31NO4/c1-16-12-19(24(26)28-4)13-17(2)21(16)14-20-10-11-22(29-15-27-3)23(25-20)18-8-6-5-7-9-18/h10-13,18H,5-9,14-15H2,1-4H3. The van der Waals surface area contributed by atoms with Gasteiger partial charge < -0.3 is 14.2 Å². The van der Waals surface area contributed by atoms with Crippen molar-refractivity contribution < 1.29 is 19.0 Å². The number of hydrogen-bond acceptors (Lipinski definition) is 5. The molecule has 1 heterocycles. The summed E-state index contributed by atoms with van der Waals surface area (Å²) in [5.74, 6) is 0.969. The molecule has 1 aliphatic rings. The van der Waals surface area contributed by atoms with Gasteiger partial charge in [0.1, 0.15) is 5.75 Å². The van der Waals surface area contributed by atoms with E-state index >= 15 is 0 Å². The molecular weight excluding hydrogens is 366 g/mol. The van der Waals surface area contributed by atoms with E-state index in [0.717, 1.165) is 47.5 Å². The number of nitrogens with zero attached hydrogens (tertiary/aromatic N) is 1. The fourth-order valence-electron chi connectivity index (χ4n) is 4.20. The second kappa shape index (κ2) is 9.88. The third-order valence-electron chi connectivity index (χ3n) is 5.74. The highest BCUT2D eigenvalue weighted by Crippen LogP contribution is 2.36. The van der Waals surface area contributed by atoms with Gasteiger partial charge in [-0.05, 0) is 67.6 Å². The Morgan fingerprint density at radius 2 is 1.76 bits per heavy atom. The third-order valence-corrected chi connectivity index (χ3v) is 5.74. The molecule has 29 heavy (non-hydrogen) atoms. The Labute approximate surface area is 173 Å². The minimum Gasteiger partial charge on any atom is -0.466 e. The molecule has 3 rings (SSSR count). The number of methoxy groups -OCH3 is 2. The Morgan fingerprint density at radius 1 is 1.07 bits per heavy atom. The van der Waals surface area contributed by atoms with Crippen molar-refractivity contribution in [3.8, 4) is 5.75 Å². The fraction of sp³-hybridized carbons (Fsp3) is 0.500. The van der Waals surface area contributed by atoms with Crippen LogP contribution in [0.15, 0.2) is 24.3 Å².